The predicted molar refractivity (Wildman–Crippen MR) is 55.4 cm³/mol. The lowest BCUT2D eigenvalue weighted by Gasteiger charge is -2.26. The van der Waals surface area contributed by atoms with Crippen molar-refractivity contribution in [3.05, 3.63) is 0 Å². The summed E-state index contributed by atoms with van der Waals surface area (Å²) in [6, 6.07) is 0. The summed E-state index contributed by atoms with van der Waals surface area (Å²) >= 11 is 0. The van der Waals surface area contributed by atoms with Crippen molar-refractivity contribution in [3.8, 4) is 0 Å². The molecule has 0 aliphatic carbocycles. The van der Waals surface area contributed by atoms with Gasteiger partial charge in [-0.1, -0.05) is 39.5 Å². The third kappa shape index (κ3) is 6.05. The molecule has 80 valence electrons. The number of unbranched alkanes of at least 4 members (excludes halogenated alkanes) is 3. The van der Waals surface area contributed by atoms with Crippen molar-refractivity contribution in [3.63, 3.8) is 0 Å². The van der Waals surface area contributed by atoms with Crippen LogP contribution in [-0.4, -0.2) is 16.0 Å². The van der Waals surface area contributed by atoms with Crippen molar-refractivity contribution < 1.29 is 10.2 Å². The minimum atomic E-state index is -1.49. The van der Waals surface area contributed by atoms with E-state index in [1.165, 1.54) is 26.2 Å². The van der Waals surface area contributed by atoms with Gasteiger partial charge in [0.05, 0.1) is 0 Å². The van der Waals surface area contributed by atoms with E-state index < -0.39 is 5.79 Å². The van der Waals surface area contributed by atoms with Gasteiger partial charge in [0.2, 0.25) is 0 Å². The summed E-state index contributed by atoms with van der Waals surface area (Å²) in [4.78, 5) is 0. The summed E-state index contributed by atoms with van der Waals surface area (Å²) < 4.78 is 0. The Morgan fingerprint density at radius 2 is 1.69 bits per heavy atom. The summed E-state index contributed by atoms with van der Waals surface area (Å²) in [7, 11) is 0. The van der Waals surface area contributed by atoms with E-state index >= 15 is 0 Å². The van der Waals surface area contributed by atoms with Gasteiger partial charge in [-0.2, -0.15) is 0 Å². The van der Waals surface area contributed by atoms with Gasteiger partial charge in [0, 0.05) is 5.92 Å². The van der Waals surface area contributed by atoms with Crippen LogP contribution in [0.3, 0.4) is 0 Å². The maximum atomic E-state index is 9.39. The van der Waals surface area contributed by atoms with Gasteiger partial charge in [-0.15, -0.1) is 0 Å². The molecule has 0 aromatic carbocycles. The number of aliphatic hydroxyl groups is 2. The van der Waals surface area contributed by atoms with Crippen molar-refractivity contribution in [2.24, 2.45) is 5.92 Å². The highest BCUT2D eigenvalue weighted by Gasteiger charge is 2.26. The molecule has 1 atom stereocenters. The molecule has 0 fully saturated rings. The summed E-state index contributed by atoms with van der Waals surface area (Å²) in [6.07, 6.45) is 6.58. The van der Waals surface area contributed by atoms with Gasteiger partial charge < -0.3 is 10.2 Å². The zero-order chi connectivity index (χ0) is 10.3. The first kappa shape index (κ1) is 12.9. The summed E-state index contributed by atoms with van der Waals surface area (Å²) in [5, 5.41) is 18.8. The normalized spacial score (nSPS) is 14.5. The molecule has 0 amide bonds. The van der Waals surface area contributed by atoms with E-state index in [2.05, 4.69) is 6.92 Å². The fraction of sp³-hybridized carbons (Fsp3) is 1.00. The van der Waals surface area contributed by atoms with Crippen molar-refractivity contribution in [2.75, 3.05) is 0 Å². The highest BCUT2D eigenvalue weighted by molar-refractivity contribution is 4.69. The molecule has 2 nitrogen and oxygen atoms in total. The van der Waals surface area contributed by atoms with E-state index in [1.54, 1.807) is 0 Å². The van der Waals surface area contributed by atoms with Gasteiger partial charge in [0.25, 0.3) is 0 Å². The Balaban J connectivity index is 3.61. The van der Waals surface area contributed by atoms with Crippen LogP contribution in [0.5, 0.6) is 0 Å². The molecule has 13 heavy (non-hydrogen) atoms. The topological polar surface area (TPSA) is 40.5 Å². The van der Waals surface area contributed by atoms with Crippen LogP contribution in [0, 0.1) is 5.92 Å². The minimum Gasteiger partial charge on any atom is -0.366 e. The van der Waals surface area contributed by atoms with Gasteiger partial charge in [0.15, 0.2) is 5.79 Å². The van der Waals surface area contributed by atoms with Gasteiger partial charge in [-0.25, -0.2) is 0 Å². The Morgan fingerprint density at radius 1 is 1.08 bits per heavy atom. The molecule has 2 heteroatoms. The van der Waals surface area contributed by atoms with E-state index in [0.29, 0.717) is 0 Å². The summed E-state index contributed by atoms with van der Waals surface area (Å²) in [6.45, 7) is 5.68. The predicted octanol–water partition coefficient (Wildman–Crippen LogP) is 2.68. The first-order chi connectivity index (χ1) is 6.02. The van der Waals surface area contributed by atoms with Crippen LogP contribution in [0.4, 0.5) is 0 Å². The third-order valence-electron chi connectivity index (χ3n) is 2.67. The molecule has 2 N–H and O–H groups in total. The lowest BCUT2D eigenvalue weighted by atomic mass is 9.91. The SMILES string of the molecule is CCCCCCC(CC)C(C)(O)O. The van der Waals surface area contributed by atoms with Gasteiger partial charge in [-0.05, 0) is 19.8 Å². The van der Waals surface area contributed by atoms with Gasteiger partial charge in [0.1, 0.15) is 0 Å². The second-order valence-electron chi connectivity index (χ2n) is 4.05. The largest absolute Gasteiger partial charge is 0.366 e. The molecule has 1 unspecified atom stereocenters. The Hall–Kier alpha value is -0.0800. The smallest absolute Gasteiger partial charge is 0.162 e. The molecule has 0 aliphatic rings. The summed E-state index contributed by atoms with van der Waals surface area (Å²) in [5.74, 6) is -1.45. The molecular weight excluding hydrogens is 164 g/mol. The molecule has 0 aromatic heterocycles. The van der Waals surface area contributed by atoms with Crippen LogP contribution in [0.15, 0.2) is 0 Å². The summed E-state index contributed by atoms with van der Waals surface area (Å²) in [5.41, 5.74) is 0. The quantitative estimate of drug-likeness (QED) is 0.476. The van der Waals surface area contributed by atoms with Crippen LogP contribution < -0.4 is 0 Å². The van der Waals surface area contributed by atoms with E-state index in [1.807, 2.05) is 6.92 Å². The maximum absolute atomic E-state index is 9.39. The molecule has 0 radical (unpaired) electrons. The van der Waals surface area contributed by atoms with Crippen molar-refractivity contribution >= 4 is 0 Å². The van der Waals surface area contributed by atoms with E-state index in [-0.39, 0.29) is 5.92 Å². The Bertz CT molecular complexity index is 116. The van der Waals surface area contributed by atoms with Crippen molar-refractivity contribution in [2.45, 2.75) is 65.1 Å². The van der Waals surface area contributed by atoms with Crippen LogP contribution in [0.1, 0.15) is 59.3 Å². The third-order valence-corrected chi connectivity index (χ3v) is 2.67. The highest BCUT2D eigenvalue weighted by Crippen LogP contribution is 2.23. The zero-order valence-corrected chi connectivity index (χ0v) is 9.21. The number of rotatable bonds is 7. The van der Waals surface area contributed by atoms with Gasteiger partial charge in [-0.3, -0.25) is 0 Å². The Labute approximate surface area is 82.0 Å². The van der Waals surface area contributed by atoms with Crippen molar-refractivity contribution in [1.82, 2.24) is 0 Å². The Kier molecular flexibility index (Phi) is 6.35. The molecule has 0 saturated carbocycles. The molecular formula is C11H24O2. The van der Waals surface area contributed by atoms with Crippen LogP contribution in [0.2, 0.25) is 0 Å². The standard InChI is InChI=1S/C11H24O2/c1-4-6-7-8-9-10(5-2)11(3,12)13/h10,12-13H,4-9H2,1-3H3. The average molecular weight is 188 g/mol. The first-order valence-electron chi connectivity index (χ1n) is 5.47. The minimum absolute atomic E-state index is 0.0318. The molecule has 0 spiro atoms. The second kappa shape index (κ2) is 6.39. The first-order valence-corrected chi connectivity index (χ1v) is 5.47. The zero-order valence-electron chi connectivity index (χ0n) is 9.21. The molecule has 0 heterocycles. The highest BCUT2D eigenvalue weighted by atomic mass is 16.5. The molecule has 0 aromatic rings. The van der Waals surface area contributed by atoms with E-state index in [0.717, 1.165) is 19.3 Å². The van der Waals surface area contributed by atoms with E-state index in [4.69, 9.17) is 0 Å². The fourth-order valence-corrected chi connectivity index (χ4v) is 1.68. The van der Waals surface area contributed by atoms with Crippen LogP contribution in [0.25, 0.3) is 0 Å². The monoisotopic (exact) mass is 188 g/mol. The van der Waals surface area contributed by atoms with Crippen molar-refractivity contribution in [1.29, 1.82) is 0 Å². The molecule has 0 rings (SSSR count). The number of hydrogen-bond acceptors (Lipinski definition) is 2. The Morgan fingerprint density at radius 3 is 2.08 bits per heavy atom. The fourth-order valence-electron chi connectivity index (χ4n) is 1.68. The maximum Gasteiger partial charge on any atom is 0.162 e. The van der Waals surface area contributed by atoms with Crippen LogP contribution in [-0.2, 0) is 0 Å². The lowest BCUT2D eigenvalue weighted by molar-refractivity contribution is -0.187. The lowest BCUT2D eigenvalue weighted by Crippen LogP contribution is -2.33. The average Bonchev–Trinajstić information content (AvgIpc) is 2.02. The second-order valence-corrected chi connectivity index (χ2v) is 4.05. The van der Waals surface area contributed by atoms with E-state index in [9.17, 15) is 10.2 Å². The molecule has 0 aliphatic heterocycles. The molecule has 0 saturated heterocycles. The number of hydrogen-bond donors (Lipinski definition) is 2. The van der Waals surface area contributed by atoms with Crippen LogP contribution >= 0.6 is 0 Å². The molecule has 0 bridgehead atoms. The van der Waals surface area contributed by atoms with Gasteiger partial charge >= 0.3 is 0 Å².